The zero-order valence-electron chi connectivity index (χ0n) is 9.69. The number of rotatable bonds is 1. The average Bonchev–Trinajstić information content (AvgIpc) is 2.30. The summed E-state index contributed by atoms with van der Waals surface area (Å²) in [6.07, 6.45) is 2.21. The molecule has 2 rings (SSSR count). The van der Waals surface area contributed by atoms with Crippen LogP contribution in [0.5, 0.6) is 0 Å². The highest BCUT2D eigenvalue weighted by atomic mass is 32.2. The van der Waals surface area contributed by atoms with Gasteiger partial charge in [0.2, 0.25) is 0 Å². The van der Waals surface area contributed by atoms with Crippen molar-refractivity contribution in [2.24, 2.45) is 11.8 Å². The topological polar surface area (TPSA) is 43.4 Å². The first kappa shape index (κ1) is 11.4. The number of ether oxygens (including phenoxy) is 1. The summed E-state index contributed by atoms with van der Waals surface area (Å²) in [6.45, 7) is 6.11. The third-order valence-electron chi connectivity index (χ3n) is 3.26. The van der Waals surface area contributed by atoms with Gasteiger partial charge in [0.1, 0.15) is 0 Å². The molecule has 2 bridgehead atoms. The Balaban J connectivity index is 2.12. The van der Waals surface area contributed by atoms with E-state index in [-0.39, 0.29) is 23.5 Å². The molecule has 2 unspecified atom stereocenters. The van der Waals surface area contributed by atoms with Crippen LogP contribution in [0.2, 0.25) is 0 Å². The Labute approximate surface area is 92.1 Å². The number of sulfone groups is 1. The SMILES string of the molecule is CC(C)(C)OC1C2CCC1CS(=O)(=O)C2. The number of hydrogen-bond acceptors (Lipinski definition) is 3. The normalized spacial score (nSPS) is 39.3. The summed E-state index contributed by atoms with van der Waals surface area (Å²) >= 11 is 0. The average molecular weight is 232 g/mol. The molecule has 3 nitrogen and oxygen atoms in total. The van der Waals surface area contributed by atoms with Gasteiger partial charge in [-0.15, -0.1) is 0 Å². The Bertz CT molecular complexity index is 319. The zero-order chi connectivity index (χ0) is 11.3. The third kappa shape index (κ3) is 2.53. The van der Waals surface area contributed by atoms with E-state index in [4.69, 9.17) is 4.74 Å². The van der Waals surface area contributed by atoms with Crippen LogP contribution in [0, 0.1) is 11.8 Å². The quantitative estimate of drug-likeness (QED) is 0.690. The third-order valence-corrected chi connectivity index (χ3v) is 5.14. The molecule has 0 aromatic heterocycles. The van der Waals surface area contributed by atoms with Crippen molar-refractivity contribution >= 4 is 9.84 Å². The molecule has 1 aliphatic carbocycles. The summed E-state index contributed by atoms with van der Waals surface area (Å²) in [5.74, 6) is 1.16. The van der Waals surface area contributed by atoms with Gasteiger partial charge in [-0.1, -0.05) is 0 Å². The molecule has 0 spiro atoms. The molecule has 1 saturated carbocycles. The summed E-state index contributed by atoms with van der Waals surface area (Å²) in [5.41, 5.74) is -0.160. The van der Waals surface area contributed by atoms with Crippen molar-refractivity contribution in [2.45, 2.75) is 45.3 Å². The standard InChI is InChI=1S/C11H20O3S/c1-11(2,3)14-10-8-4-5-9(10)7-15(12,13)6-8/h8-10H,4-7H2,1-3H3. The van der Waals surface area contributed by atoms with Gasteiger partial charge in [0.05, 0.1) is 23.2 Å². The van der Waals surface area contributed by atoms with Crippen molar-refractivity contribution in [3.63, 3.8) is 0 Å². The van der Waals surface area contributed by atoms with Gasteiger partial charge in [-0.25, -0.2) is 8.42 Å². The Hall–Kier alpha value is -0.0900. The highest BCUT2D eigenvalue weighted by molar-refractivity contribution is 7.91. The van der Waals surface area contributed by atoms with E-state index in [1.54, 1.807) is 0 Å². The molecule has 1 aliphatic heterocycles. The molecular weight excluding hydrogens is 212 g/mol. The maximum Gasteiger partial charge on any atom is 0.151 e. The highest BCUT2D eigenvalue weighted by Gasteiger charge is 2.46. The summed E-state index contributed by atoms with van der Waals surface area (Å²) in [4.78, 5) is 0. The molecule has 2 atom stereocenters. The maximum atomic E-state index is 11.6. The lowest BCUT2D eigenvalue weighted by molar-refractivity contribution is -0.0892. The summed E-state index contributed by atoms with van der Waals surface area (Å²) < 4.78 is 29.1. The predicted octanol–water partition coefficient (Wildman–Crippen LogP) is 1.62. The van der Waals surface area contributed by atoms with Crippen molar-refractivity contribution in [1.29, 1.82) is 0 Å². The van der Waals surface area contributed by atoms with Crippen molar-refractivity contribution in [1.82, 2.24) is 0 Å². The first-order chi connectivity index (χ1) is 6.77. The first-order valence-corrected chi connectivity index (χ1v) is 7.47. The Morgan fingerprint density at radius 2 is 1.53 bits per heavy atom. The molecule has 2 fully saturated rings. The van der Waals surface area contributed by atoms with E-state index in [2.05, 4.69) is 0 Å². The molecule has 0 aromatic carbocycles. The van der Waals surface area contributed by atoms with Gasteiger partial charge >= 0.3 is 0 Å². The second kappa shape index (κ2) is 3.45. The van der Waals surface area contributed by atoms with Crippen molar-refractivity contribution < 1.29 is 13.2 Å². The summed E-state index contributed by atoms with van der Waals surface area (Å²) in [5, 5.41) is 0. The lowest BCUT2D eigenvalue weighted by atomic mass is 10.0. The van der Waals surface area contributed by atoms with Crippen LogP contribution < -0.4 is 0 Å². The minimum Gasteiger partial charge on any atom is -0.372 e. The molecule has 1 heterocycles. The van der Waals surface area contributed by atoms with Gasteiger partial charge in [0, 0.05) is 0 Å². The van der Waals surface area contributed by atoms with Gasteiger partial charge < -0.3 is 4.74 Å². The molecule has 0 N–H and O–H groups in total. The Kier molecular flexibility index (Phi) is 2.62. The second-order valence-corrected chi connectivity index (χ2v) is 8.02. The van der Waals surface area contributed by atoms with Crippen LogP contribution in [-0.4, -0.2) is 31.6 Å². The van der Waals surface area contributed by atoms with Crippen LogP contribution in [0.25, 0.3) is 0 Å². The molecule has 2 aliphatic rings. The maximum absolute atomic E-state index is 11.6. The van der Waals surface area contributed by atoms with Crippen molar-refractivity contribution in [3.8, 4) is 0 Å². The number of hydrogen-bond donors (Lipinski definition) is 0. The minimum atomic E-state index is -2.79. The molecule has 0 radical (unpaired) electrons. The van der Waals surface area contributed by atoms with E-state index < -0.39 is 9.84 Å². The fourth-order valence-corrected chi connectivity index (χ4v) is 4.97. The minimum absolute atomic E-state index is 0.160. The first-order valence-electron chi connectivity index (χ1n) is 5.65. The van der Waals surface area contributed by atoms with Crippen LogP contribution in [0.1, 0.15) is 33.6 Å². The number of fused-ring (bicyclic) bond motifs is 2. The van der Waals surface area contributed by atoms with Crippen LogP contribution >= 0.6 is 0 Å². The van der Waals surface area contributed by atoms with E-state index >= 15 is 0 Å². The van der Waals surface area contributed by atoms with Gasteiger partial charge in [0.15, 0.2) is 9.84 Å². The van der Waals surface area contributed by atoms with Gasteiger partial charge in [0.25, 0.3) is 0 Å². The molecular formula is C11H20O3S. The fraction of sp³-hybridized carbons (Fsp3) is 1.00. The monoisotopic (exact) mass is 232 g/mol. The largest absolute Gasteiger partial charge is 0.372 e. The van der Waals surface area contributed by atoms with Crippen LogP contribution in [0.4, 0.5) is 0 Å². The lowest BCUT2D eigenvalue weighted by Gasteiger charge is -2.35. The zero-order valence-corrected chi connectivity index (χ0v) is 10.5. The summed E-state index contributed by atoms with van der Waals surface area (Å²) in [7, 11) is -2.79. The van der Waals surface area contributed by atoms with Gasteiger partial charge in [-0.3, -0.25) is 0 Å². The fourth-order valence-electron chi connectivity index (χ4n) is 2.82. The van der Waals surface area contributed by atoms with Crippen LogP contribution in [-0.2, 0) is 14.6 Å². The summed E-state index contributed by atoms with van der Waals surface area (Å²) in [6, 6.07) is 0. The van der Waals surface area contributed by atoms with E-state index in [0.29, 0.717) is 11.5 Å². The molecule has 1 saturated heterocycles. The van der Waals surface area contributed by atoms with E-state index in [1.165, 1.54) is 0 Å². The predicted molar refractivity (Wildman–Crippen MR) is 59.5 cm³/mol. The Morgan fingerprint density at radius 1 is 1.07 bits per heavy atom. The smallest absolute Gasteiger partial charge is 0.151 e. The lowest BCUT2D eigenvalue weighted by Crippen LogP contribution is -2.43. The molecule has 15 heavy (non-hydrogen) atoms. The van der Waals surface area contributed by atoms with E-state index in [0.717, 1.165) is 12.8 Å². The second-order valence-electron chi connectivity index (χ2n) is 5.87. The van der Waals surface area contributed by atoms with Crippen LogP contribution in [0.15, 0.2) is 0 Å². The Morgan fingerprint density at radius 3 is 1.93 bits per heavy atom. The highest BCUT2D eigenvalue weighted by Crippen LogP contribution is 2.41. The van der Waals surface area contributed by atoms with E-state index in [9.17, 15) is 8.42 Å². The molecule has 0 aromatic rings. The van der Waals surface area contributed by atoms with Gasteiger partial charge in [-0.05, 0) is 45.4 Å². The molecule has 0 amide bonds. The van der Waals surface area contributed by atoms with E-state index in [1.807, 2.05) is 20.8 Å². The van der Waals surface area contributed by atoms with Crippen molar-refractivity contribution in [2.75, 3.05) is 11.5 Å². The van der Waals surface area contributed by atoms with Crippen LogP contribution in [0.3, 0.4) is 0 Å². The van der Waals surface area contributed by atoms with Crippen molar-refractivity contribution in [3.05, 3.63) is 0 Å². The van der Waals surface area contributed by atoms with Gasteiger partial charge in [-0.2, -0.15) is 0 Å². The molecule has 88 valence electrons. The molecule has 4 heteroatoms.